The number of non-ortho nitro benzene ring substituents is 1. The number of halogens is 1. The molecule has 1 aromatic heterocycles. The van der Waals surface area contributed by atoms with Crippen LogP contribution >= 0.6 is 11.6 Å². The Kier molecular flexibility index (Phi) is 2.54. The molecule has 5 nitrogen and oxygen atoms in total. The minimum atomic E-state index is -0.586. The van der Waals surface area contributed by atoms with Crippen LogP contribution < -0.4 is 0 Å². The van der Waals surface area contributed by atoms with E-state index in [-0.39, 0.29) is 22.0 Å². The van der Waals surface area contributed by atoms with Crippen LogP contribution in [0.4, 0.5) is 5.69 Å². The Bertz CT molecular complexity index is 536. The van der Waals surface area contributed by atoms with E-state index in [4.69, 9.17) is 16.0 Å². The van der Waals surface area contributed by atoms with Crippen LogP contribution in [0.15, 0.2) is 34.9 Å². The number of hydrogen-bond acceptors (Lipinski definition) is 4. The van der Waals surface area contributed by atoms with E-state index in [0.29, 0.717) is 5.76 Å². The number of phenolic OH excluding ortho intramolecular Hbond substituents is 1. The van der Waals surface area contributed by atoms with Crippen LogP contribution in [0.25, 0.3) is 11.3 Å². The average molecular weight is 240 g/mol. The summed E-state index contributed by atoms with van der Waals surface area (Å²) in [5, 5.41) is 20.2. The number of furan rings is 1. The molecule has 0 aliphatic carbocycles. The maximum Gasteiger partial charge on any atom is 0.271 e. The number of benzene rings is 1. The van der Waals surface area contributed by atoms with Crippen LogP contribution in [0.3, 0.4) is 0 Å². The second-order valence-corrected chi connectivity index (χ2v) is 3.47. The first-order valence-electron chi connectivity index (χ1n) is 4.30. The summed E-state index contributed by atoms with van der Waals surface area (Å²) < 4.78 is 5.05. The largest absolute Gasteiger partial charge is 0.506 e. The van der Waals surface area contributed by atoms with Gasteiger partial charge in [-0.2, -0.15) is 0 Å². The molecule has 0 atom stereocenters. The molecule has 16 heavy (non-hydrogen) atoms. The van der Waals surface area contributed by atoms with Crippen molar-refractivity contribution in [2.75, 3.05) is 0 Å². The summed E-state index contributed by atoms with van der Waals surface area (Å²) in [6.45, 7) is 0. The summed E-state index contributed by atoms with van der Waals surface area (Å²) in [5.41, 5.74) is -0.00148. The van der Waals surface area contributed by atoms with Crippen LogP contribution in [-0.2, 0) is 0 Å². The van der Waals surface area contributed by atoms with Crippen molar-refractivity contribution in [1.82, 2.24) is 0 Å². The monoisotopic (exact) mass is 239 g/mol. The van der Waals surface area contributed by atoms with E-state index in [1.165, 1.54) is 12.3 Å². The van der Waals surface area contributed by atoms with Crippen molar-refractivity contribution in [2.45, 2.75) is 0 Å². The molecule has 2 aromatic rings. The molecule has 0 amide bonds. The van der Waals surface area contributed by atoms with Crippen LogP contribution in [0.5, 0.6) is 5.75 Å². The second-order valence-electron chi connectivity index (χ2n) is 3.06. The fourth-order valence-electron chi connectivity index (χ4n) is 1.31. The molecule has 0 saturated heterocycles. The highest BCUT2D eigenvalue weighted by Crippen LogP contribution is 2.38. The van der Waals surface area contributed by atoms with Crippen molar-refractivity contribution in [3.05, 3.63) is 45.7 Å². The lowest BCUT2D eigenvalue weighted by Gasteiger charge is -2.03. The normalized spacial score (nSPS) is 10.3. The first-order valence-corrected chi connectivity index (χ1v) is 4.68. The quantitative estimate of drug-likeness (QED) is 0.645. The first kappa shape index (κ1) is 10.5. The lowest BCUT2D eigenvalue weighted by atomic mass is 10.1. The number of nitrogens with zero attached hydrogens (tertiary/aromatic N) is 1. The third-order valence-electron chi connectivity index (χ3n) is 2.05. The molecule has 1 aromatic carbocycles. The fraction of sp³-hybridized carbons (Fsp3) is 0. The number of phenols is 1. The zero-order valence-electron chi connectivity index (χ0n) is 7.88. The summed E-state index contributed by atoms with van der Waals surface area (Å²) in [6.07, 6.45) is 1.40. The summed E-state index contributed by atoms with van der Waals surface area (Å²) in [5.74, 6) is 0.0883. The molecule has 0 spiro atoms. The molecule has 2 rings (SSSR count). The summed E-state index contributed by atoms with van der Waals surface area (Å²) in [6, 6.07) is 5.49. The molecular formula is C10H6ClNO4. The van der Waals surface area contributed by atoms with Gasteiger partial charge in [-0.1, -0.05) is 11.6 Å². The zero-order valence-corrected chi connectivity index (χ0v) is 8.64. The summed E-state index contributed by atoms with van der Waals surface area (Å²) >= 11 is 5.68. The minimum Gasteiger partial charge on any atom is -0.506 e. The van der Waals surface area contributed by atoms with Gasteiger partial charge in [0.05, 0.1) is 21.8 Å². The smallest absolute Gasteiger partial charge is 0.271 e. The molecule has 0 aliphatic heterocycles. The van der Waals surface area contributed by atoms with Gasteiger partial charge in [0.2, 0.25) is 0 Å². The van der Waals surface area contributed by atoms with Gasteiger partial charge < -0.3 is 9.52 Å². The molecular weight excluding hydrogens is 234 g/mol. The van der Waals surface area contributed by atoms with E-state index in [1.807, 2.05) is 0 Å². The highest BCUT2D eigenvalue weighted by atomic mass is 35.5. The van der Waals surface area contributed by atoms with Gasteiger partial charge in [-0.15, -0.1) is 0 Å². The zero-order chi connectivity index (χ0) is 11.7. The Labute approximate surface area is 95.0 Å². The van der Waals surface area contributed by atoms with E-state index < -0.39 is 4.92 Å². The van der Waals surface area contributed by atoms with Gasteiger partial charge in [-0.3, -0.25) is 10.1 Å². The van der Waals surface area contributed by atoms with E-state index >= 15 is 0 Å². The topological polar surface area (TPSA) is 76.5 Å². The van der Waals surface area contributed by atoms with E-state index in [9.17, 15) is 15.2 Å². The van der Waals surface area contributed by atoms with Crippen LogP contribution in [-0.4, -0.2) is 10.0 Å². The molecule has 0 aliphatic rings. The second kappa shape index (κ2) is 3.86. The lowest BCUT2D eigenvalue weighted by Crippen LogP contribution is -1.89. The summed E-state index contributed by atoms with van der Waals surface area (Å²) in [4.78, 5) is 10.0. The number of nitro benzene ring substituents is 1. The predicted molar refractivity (Wildman–Crippen MR) is 57.5 cm³/mol. The Morgan fingerprint density at radius 2 is 2.19 bits per heavy atom. The van der Waals surface area contributed by atoms with Crippen molar-refractivity contribution >= 4 is 17.3 Å². The molecule has 0 bridgehead atoms. The standard InChI is InChI=1S/C10H6ClNO4/c11-8-5-6(12(14)15)4-7(10(8)13)9-2-1-3-16-9/h1-5,13H. The van der Waals surface area contributed by atoms with Crippen molar-refractivity contribution in [3.63, 3.8) is 0 Å². The molecule has 0 unspecified atom stereocenters. The first-order chi connectivity index (χ1) is 7.59. The van der Waals surface area contributed by atoms with E-state index in [2.05, 4.69) is 0 Å². The van der Waals surface area contributed by atoms with Gasteiger partial charge in [0.15, 0.2) is 0 Å². The minimum absolute atomic E-state index is 0.0828. The number of hydrogen-bond donors (Lipinski definition) is 1. The number of rotatable bonds is 2. The van der Waals surface area contributed by atoms with Gasteiger partial charge in [-0.25, -0.2) is 0 Å². The van der Waals surface area contributed by atoms with Gasteiger partial charge in [0, 0.05) is 12.1 Å². The van der Waals surface area contributed by atoms with Crippen molar-refractivity contribution < 1.29 is 14.4 Å². The molecule has 1 N–H and O–H groups in total. The average Bonchev–Trinajstić information content (AvgIpc) is 2.74. The van der Waals surface area contributed by atoms with Gasteiger partial charge in [0.25, 0.3) is 5.69 Å². The van der Waals surface area contributed by atoms with Crippen LogP contribution in [0, 0.1) is 10.1 Å². The SMILES string of the molecule is O=[N+]([O-])c1cc(Cl)c(O)c(-c2ccco2)c1. The van der Waals surface area contributed by atoms with E-state index in [1.54, 1.807) is 12.1 Å². The third kappa shape index (κ3) is 1.72. The fourth-order valence-corrected chi connectivity index (χ4v) is 1.52. The predicted octanol–water partition coefficient (Wildman–Crippen LogP) is 3.21. The molecule has 6 heteroatoms. The molecule has 0 saturated carbocycles. The van der Waals surface area contributed by atoms with Gasteiger partial charge in [0.1, 0.15) is 11.5 Å². The maximum atomic E-state index is 10.6. The molecule has 1 heterocycles. The number of aromatic hydroxyl groups is 1. The van der Waals surface area contributed by atoms with Gasteiger partial charge in [-0.05, 0) is 12.1 Å². The Hall–Kier alpha value is -2.01. The van der Waals surface area contributed by atoms with Crippen LogP contribution in [0.2, 0.25) is 5.02 Å². The third-order valence-corrected chi connectivity index (χ3v) is 2.33. The maximum absolute atomic E-state index is 10.6. The van der Waals surface area contributed by atoms with Crippen molar-refractivity contribution in [2.24, 2.45) is 0 Å². The molecule has 82 valence electrons. The molecule has 0 radical (unpaired) electrons. The van der Waals surface area contributed by atoms with Crippen molar-refractivity contribution in [3.8, 4) is 17.1 Å². The lowest BCUT2D eigenvalue weighted by molar-refractivity contribution is -0.384. The number of nitro groups is 1. The Balaban J connectivity index is 2.65. The molecule has 0 fully saturated rings. The van der Waals surface area contributed by atoms with Crippen LogP contribution in [0.1, 0.15) is 0 Å². The Morgan fingerprint density at radius 3 is 2.75 bits per heavy atom. The van der Waals surface area contributed by atoms with Gasteiger partial charge >= 0.3 is 0 Å². The highest BCUT2D eigenvalue weighted by molar-refractivity contribution is 6.32. The van der Waals surface area contributed by atoms with Crippen molar-refractivity contribution in [1.29, 1.82) is 0 Å². The Morgan fingerprint density at radius 1 is 1.44 bits per heavy atom. The summed E-state index contributed by atoms with van der Waals surface area (Å²) in [7, 11) is 0. The van der Waals surface area contributed by atoms with E-state index in [0.717, 1.165) is 6.07 Å². The highest BCUT2D eigenvalue weighted by Gasteiger charge is 2.17.